The van der Waals surface area contributed by atoms with Gasteiger partial charge in [-0.3, -0.25) is 0 Å². The molecule has 19 heavy (non-hydrogen) atoms. The van der Waals surface area contributed by atoms with Gasteiger partial charge >= 0.3 is 0 Å². The summed E-state index contributed by atoms with van der Waals surface area (Å²) in [7, 11) is 1.73. The fraction of sp³-hybridized carbons (Fsp3) is 0.600. The quantitative estimate of drug-likeness (QED) is 0.600. The Balaban J connectivity index is 2.07. The topological polar surface area (TPSA) is 56.5 Å². The first-order valence-corrected chi connectivity index (χ1v) is 6.97. The fourth-order valence-corrected chi connectivity index (χ4v) is 1.89. The minimum absolute atomic E-state index is 0.394. The third-order valence-corrected chi connectivity index (χ3v) is 2.89. The van der Waals surface area contributed by atoms with Gasteiger partial charge in [-0.2, -0.15) is 0 Å². The van der Waals surface area contributed by atoms with Crippen LogP contribution in [-0.2, 0) is 4.74 Å². The van der Waals surface area contributed by atoms with Gasteiger partial charge in [-0.05, 0) is 44.5 Å². The van der Waals surface area contributed by atoms with E-state index in [1.165, 1.54) is 0 Å². The number of nitrogens with one attached hydrogen (secondary N) is 1. The molecule has 0 radical (unpaired) electrons. The first kappa shape index (κ1) is 16.0. The molecule has 0 aliphatic rings. The lowest BCUT2D eigenvalue weighted by molar-refractivity contribution is 0.160. The number of nitrogens with two attached hydrogens (primary N) is 1. The summed E-state index contributed by atoms with van der Waals surface area (Å²) in [6.07, 6.45) is 3.07. The molecule has 108 valence electrons. The van der Waals surface area contributed by atoms with E-state index in [1.807, 2.05) is 30.3 Å². The van der Waals surface area contributed by atoms with Gasteiger partial charge in [0.1, 0.15) is 5.75 Å². The molecule has 4 heteroatoms. The molecule has 0 heterocycles. The van der Waals surface area contributed by atoms with E-state index in [-0.39, 0.29) is 0 Å². The highest BCUT2D eigenvalue weighted by Gasteiger charge is 2.06. The van der Waals surface area contributed by atoms with Gasteiger partial charge in [0.05, 0.1) is 13.2 Å². The van der Waals surface area contributed by atoms with Crippen LogP contribution in [0.25, 0.3) is 0 Å². The minimum Gasteiger partial charge on any atom is -0.494 e. The fourth-order valence-electron chi connectivity index (χ4n) is 1.89. The third kappa shape index (κ3) is 7.82. The maximum Gasteiger partial charge on any atom is 0.119 e. The number of benzene rings is 1. The first-order valence-electron chi connectivity index (χ1n) is 6.97. The number of rotatable bonds is 11. The van der Waals surface area contributed by atoms with Crippen LogP contribution in [0.5, 0.6) is 5.75 Å². The van der Waals surface area contributed by atoms with Crippen molar-refractivity contribution < 1.29 is 9.47 Å². The molecule has 0 aromatic heterocycles. The van der Waals surface area contributed by atoms with E-state index in [0.717, 1.165) is 51.3 Å². The van der Waals surface area contributed by atoms with Crippen molar-refractivity contribution in [1.82, 2.24) is 5.32 Å². The highest BCUT2D eigenvalue weighted by molar-refractivity contribution is 5.20. The molecule has 0 bridgehead atoms. The van der Waals surface area contributed by atoms with Crippen LogP contribution >= 0.6 is 0 Å². The van der Waals surface area contributed by atoms with Gasteiger partial charge in [-0.1, -0.05) is 18.2 Å². The van der Waals surface area contributed by atoms with Gasteiger partial charge in [0, 0.05) is 13.2 Å². The number of methoxy groups -OCH3 is 1. The molecule has 3 N–H and O–H groups in total. The van der Waals surface area contributed by atoms with Crippen LogP contribution < -0.4 is 15.8 Å². The Bertz CT molecular complexity index is 306. The predicted octanol–water partition coefficient (Wildman–Crippen LogP) is 1.80. The lowest BCUT2D eigenvalue weighted by atomic mass is 10.1. The zero-order valence-electron chi connectivity index (χ0n) is 11.8. The third-order valence-electron chi connectivity index (χ3n) is 2.89. The Labute approximate surface area is 116 Å². The van der Waals surface area contributed by atoms with Crippen LogP contribution in [-0.4, -0.2) is 39.5 Å². The summed E-state index contributed by atoms with van der Waals surface area (Å²) in [5.41, 5.74) is 5.53. The second kappa shape index (κ2) is 10.8. The lowest BCUT2D eigenvalue weighted by Gasteiger charge is -2.17. The molecule has 4 nitrogen and oxygen atoms in total. The molecule has 1 atom stereocenters. The average Bonchev–Trinajstić information content (AvgIpc) is 2.45. The Morgan fingerprint density at radius 2 is 2.00 bits per heavy atom. The molecule has 0 saturated carbocycles. The predicted molar refractivity (Wildman–Crippen MR) is 78.5 cm³/mol. The standard InChI is InChI=1S/C15H26N2O2/c1-18-13-14(7-5-10-16)17-11-6-12-19-15-8-3-2-4-9-15/h2-4,8-9,14,17H,5-7,10-13,16H2,1H3. The Morgan fingerprint density at radius 1 is 1.21 bits per heavy atom. The monoisotopic (exact) mass is 266 g/mol. The molecular formula is C15H26N2O2. The molecule has 0 aliphatic carbocycles. The van der Waals surface area contributed by atoms with Crippen LogP contribution in [0.4, 0.5) is 0 Å². The zero-order valence-corrected chi connectivity index (χ0v) is 11.8. The van der Waals surface area contributed by atoms with Crippen LogP contribution in [0.15, 0.2) is 30.3 Å². The number of ether oxygens (including phenoxy) is 2. The summed E-state index contributed by atoms with van der Waals surface area (Å²) in [6.45, 7) is 3.14. The maximum absolute atomic E-state index is 5.64. The van der Waals surface area contributed by atoms with E-state index < -0.39 is 0 Å². The normalized spacial score (nSPS) is 12.3. The van der Waals surface area contributed by atoms with Crippen LogP contribution in [0.1, 0.15) is 19.3 Å². The number of para-hydroxylation sites is 1. The van der Waals surface area contributed by atoms with Gasteiger partial charge in [0.25, 0.3) is 0 Å². The van der Waals surface area contributed by atoms with Crippen molar-refractivity contribution in [1.29, 1.82) is 0 Å². The summed E-state index contributed by atoms with van der Waals surface area (Å²) in [6, 6.07) is 10.3. The number of hydrogen-bond acceptors (Lipinski definition) is 4. The highest BCUT2D eigenvalue weighted by atomic mass is 16.5. The molecule has 1 rings (SSSR count). The molecule has 0 fully saturated rings. The van der Waals surface area contributed by atoms with Crippen molar-refractivity contribution in [3.8, 4) is 5.75 Å². The lowest BCUT2D eigenvalue weighted by Crippen LogP contribution is -2.34. The number of hydrogen-bond donors (Lipinski definition) is 2. The van der Waals surface area contributed by atoms with Gasteiger partial charge in [-0.15, -0.1) is 0 Å². The molecule has 1 aromatic rings. The summed E-state index contributed by atoms with van der Waals surface area (Å²) in [4.78, 5) is 0. The molecule has 0 aliphatic heterocycles. The highest BCUT2D eigenvalue weighted by Crippen LogP contribution is 2.08. The van der Waals surface area contributed by atoms with Crippen molar-refractivity contribution in [2.24, 2.45) is 5.73 Å². The summed E-state index contributed by atoms with van der Waals surface area (Å²) < 4.78 is 10.8. The van der Waals surface area contributed by atoms with Gasteiger partial charge in [0.2, 0.25) is 0 Å². The molecule has 0 saturated heterocycles. The average molecular weight is 266 g/mol. The first-order chi connectivity index (χ1) is 9.36. The van der Waals surface area contributed by atoms with E-state index in [1.54, 1.807) is 7.11 Å². The van der Waals surface area contributed by atoms with Crippen LogP contribution in [0, 0.1) is 0 Å². The van der Waals surface area contributed by atoms with Gasteiger partial charge < -0.3 is 20.5 Å². The Kier molecular flexibility index (Phi) is 9.06. The van der Waals surface area contributed by atoms with E-state index >= 15 is 0 Å². The largest absolute Gasteiger partial charge is 0.494 e. The van der Waals surface area contributed by atoms with Crippen molar-refractivity contribution in [3.05, 3.63) is 30.3 Å². The minimum atomic E-state index is 0.394. The van der Waals surface area contributed by atoms with Crippen molar-refractivity contribution in [2.75, 3.05) is 33.4 Å². The molecule has 0 amide bonds. The van der Waals surface area contributed by atoms with Crippen molar-refractivity contribution in [3.63, 3.8) is 0 Å². The second-order valence-corrected chi connectivity index (χ2v) is 4.55. The van der Waals surface area contributed by atoms with Crippen LogP contribution in [0.3, 0.4) is 0 Å². The SMILES string of the molecule is COCC(CCCN)NCCCOc1ccccc1. The van der Waals surface area contributed by atoms with Crippen LogP contribution in [0.2, 0.25) is 0 Å². The van der Waals surface area contributed by atoms with E-state index in [4.69, 9.17) is 15.2 Å². The smallest absolute Gasteiger partial charge is 0.119 e. The molecule has 1 aromatic carbocycles. The van der Waals surface area contributed by atoms with Crippen molar-refractivity contribution >= 4 is 0 Å². The van der Waals surface area contributed by atoms with E-state index in [9.17, 15) is 0 Å². The van der Waals surface area contributed by atoms with E-state index in [0.29, 0.717) is 6.04 Å². The molecule has 0 spiro atoms. The summed E-state index contributed by atoms with van der Waals surface area (Å²) >= 11 is 0. The van der Waals surface area contributed by atoms with E-state index in [2.05, 4.69) is 5.32 Å². The molecular weight excluding hydrogens is 240 g/mol. The Hall–Kier alpha value is -1.10. The van der Waals surface area contributed by atoms with Gasteiger partial charge in [-0.25, -0.2) is 0 Å². The second-order valence-electron chi connectivity index (χ2n) is 4.55. The Morgan fingerprint density at radius 3 is 2.68 bits per heavy atom. The summed E-state index contributed by atoms with van der Waals surface area (Å²) in [5, 5.41) is 3.48. The zero-order chi connectivity index (χ0) is 13.8. The summed E-state index contributed by atoms with van der Waals surface area (Å²) in [5.74, 6) is 0.930. The van der Waals surface area contributed by atoms with Gasteiger partial charge in [0.15, 0.2) is 0 Å². The van der Waals surface area contributed by atoms with Crippen molar-refractivity contribution in [2.45, 2.75) is 25.3 Å². The molecule has 1 unspecified atom stereocenters. The maximum atomic E-state index is 5.64.